The summed E-state index contributed by atoms with van der Waals surface area (Å²) >= 11 is 0. The lowest BCUT2D eigenvalue weighted by molar-refractivity contribution is 0.620. The molecule has 286 valence electrons. The lowest BCUT2D eigenvalue weighted by atomic mass is 9.96. The van der Waals surface area contributed by atoms with Gasteiger partial charge in [0.25, 0.3) is 0 Å². The molecule has 4 heteroatoms. The van der Waals surface area contributed by atoms with Gasteiger partial charge in [-0.2, -0.15) is 0 Å². The zero-order chi connectivity index (χ0) is 40.3. The number of anilines is 3. The van der Waals surface area contributed by atoms with Gasteiger partial charge in [-0.15, -0.1) is 0 Å². The van der Waals surface area contributed by atoms with Gasteiger partial charge in [-0.1, -0.05) is 152 Å². The van der Waals surface area contributed by atoms with Crippen LogP contribution in [0.25, 0.3) is 93.8 Å². The summed E-state index contributed by atoms with van der Waals surface area (Å²) in [5.74, 6) is 0.597. The van der Waals surface area contributed by atoms with Crippen LogP contribution in [0.2, 0.25) is 0 Å². The summed E-state index contributed by atoms with van der Waals surface area (Å²) in [6.07, 6.45) is 0. The van der Waals surface area contributed by atoms with Crippen molar-refractivity contribution in [1.82, 2.24) is 9.55 Å². The molecule has 61 heavy (non-hydrogen) atoms. The van der Waals surface area contributed by atoms with E-state index in [-0.39, 0.29) is 0 Å². The first-order valence-corrected chi connectivity index (χ1v) is 20.7. The van der Waals surface area contributed by atoms with Gasteiger partial charge in [0.2, 0.25) is 5.89 Å². The Hall–Kier alpha value is -8.21. The SMILES string of the molecule is c1ccc(-c2nc3cccc(N(c4ccc(-c5ccc6c(c5)c5c7ccccc7ccc5n6-c5ccccc5)cc4)c4ccc(-c5ccccc5)c5ccccc45)c3o2)cc1. The quantitative estimate of drug-likeness (QED) is 0.162. The number of rotatable bonds is 7. The molecular formula is C57H37N3O. The number of hydrogen-bond donors (Lipinski definition) is 0. The highest BCUT2D eigenvalue weighted by atomic mass is 16.3. The second-order valence-electron chi connectivity index (χ2n) is 15.5. The van der Waals surface area contributed by atoms with Gasteiger partial charge in [-0.3, -0.25) is 0 Å². The van der Waals surface area contributed by atoms with Crippen molar-refractivity contribution in [3.63, 3.8) is 0 Å². The molecule has 0 saturated carbocycles. The summed E-state index contributed by atoms with van der Waals surface area (Å²) in [5, 5.41) is 7.31. The van der Waals surface area contributed by atoms with Crippen LogP contribution in [0.15, 0.2) is 229 Å². The van der Waals surface area contributed by atoms with Gasteiger partial charge >= 0.3 is 0 Å². The fraction of sp³-hybridized carbons (Fsp3) is 0. The van der Waals surface area contributed by atoms with Crippen molar-refractivity contribution in [1.29, 1.82) is 0 Å². The monoisotopic (exact) mass is 779 g/mol. The maximum Gasteiger partial charge on any atom is 0.227 e. The van der Waals surface area contributed by atoms with Crippen LogP contribution in [0, 0.1) is 0 Å². The molecule has 0 spiro atoms. The first kappa shape index (κ1) is 34.8. The molecular weight excluding hydrogens is 743 g/mol. The van der Waals surface area contributed by atoms with E-state index in [0.29, 0.717) is 5.89 Å². The van der Waals surface area contributed by atoms with Crippen LogP contribution in [0.3, 0.4) is 0 Å². The van der Waals surface area contributed by atoms with Gasteiger partial charge in [-0.05, 0) is 111 Å². The molecule has 0 unspecified atom stereocenters. The van der Waals surface area contributed by atoms with Crippen molar-refractivity contribution in [2.45, 2.75) is 0 Å². The largest absolute Gasteiger partial charge is 0.434 e. The Morgan fingerprint density at radius 1 is 0.410 bits per heavy atom. The van der Waals surface area contributed by atoms with Gasteiger partial charge in [-0.25, -0.2) is 4.98 Å². The number of hydrogen-bond acceptors (Lipinski definition) is 3. The Kier molecular flexibility index (Phi) is 8.13. The van der Waals surface area contributed by atoms with Crippen LogP contribution < -0.4 is 4.90 Å². The van der Waals surface area contributed by atoms with Gasteiger partial charge in [0.15, 0.2) is 5.58 Å². The van der Waals surface area contributed by atoms with E-state index in [4.69, 9.17) is 9.40 Å². The number of oxazole rings is 1. The van der Waals surface area contributed by atoms with Crippen molar-refractivity contribution in [2.24, 2.45) is 0 Å². The topological polar surface area (TPSA) is 34.2 Å². The average molecular weight is 780 g/mol. The van der Waals surface area contributed by atoms with E-state index >= 15 is 0 Å². The predicted molar refractivity (Wildman–Crippen MR) is 254 cm³/mol. The van der Waals surface area contributed by atoms with Crippen molar-refractivity contribution < 1.29 is 4.42 Å². The third-order valence-electron chi connectivity index (χ3n) is 12.0. The molecule has 0 radical (unpaired) electrons. The van der Waals surface area contributed by atoms with Crippen LogP contribution >= 0.6 is 0 Å². The summed E-state index contributed by atoms with van der Waals surface area (Å²) in [4.78, 5) is 7.30. The van der Waals surface area contributed by atoms with Crippen LogP contribution in [0.1, 0.15) is 0 Å². The summed E-state index contributed by atoms with van der Waals surface area (Å²) in [7, 11) is 0. The summed E-state index contributed by atoms with van der Waals surface area (Å²) in [6, 6.07) is 79.9. The van der Waals surface area contributed by atoms with Crippen LogP contribution in [0.4, 0.5) is 17.1 Å². The molecule has 0 bridgehead atoms. The summed E-state index contributed by atoms with van der Waals surface area (Å²) in [5.41, 5.74) is 13.7. The first-order chi connectivity index (χ1) is 30.3. The number of para-hydroxylation sites is 2. The normalized spacial score (nSPS) is 11.6. The van der Waals surface area contributed by atoms with Gasteiger partial charge in [0, 0.05) is 33.1 Å². The third-order valence-corrected chi connectivity index (χ3v) is 12.0. The van der Waals surface area contributed by atoms with E-state index in [0.717, 1.165) is 55.9 Å². The van der Waals surface area contributed by atoms with Crippen molar-refractivity contribution in [3.05, 3.63) is 224 Å². The molecule has 0 aliphatic heterocycles. The molecule has 0 atom stereocenters. The van der Waals surface area contributed by atoms with Crippen LogP contribution in [-0.4, -0.2) is 9.55 Å². The molecule has 2 heterocycles. The molecule has 12 aromatic rings. The first-order valence-electron chi connectivity index (χ1n) is 20.7. The highest BCUT2D eigenvalue weighted by Gasteiger charge is 2.23. The van der Waals surface area contributed by atoms with Crippen molar-refractivity contribution in [3.8, 4) is 39.4 Å². The second-order valence-corrected chi connectivity index (χ2v) is 15.5. The molecule has 0 fully saturated rings. The van der Waals surface area contributed by atoms with E-state index < -0.39 is 0 Å². The standard InChI is InChI=1S/C57H37N3O/c1-4-15-39(16-5-1)45-33-36-51(48-24-13-12-23-47(45)48)60(54-26-14-25-50-56(54)61-57(58-50)41-18-6-2-7-19-41)44-31-27-38(28-32-44)42-30-34-52-49(37-42)55-46-22-11-10-17-40(46)29-35-53(55)59(52)43-20-8-3-9-21-43/h1-37H. The predicted octanol–water partition coefficient (Wildman–Crippen LogP) is 15.7. The smallest absolute Gasteiger partial charge is 0.227 e. The third kappa shape index (κ3) is 5.80. The van der Waals surface area contributed by atoms with Crippen molar-refractivity contribution >= 4 is 71.5 Å². The lowest BCUT2D eigenvalue weighted by Crippen LogP contribution is -2.11. The maximum atomic E-state index is 6.69. The second kappa shape index (κ2) is 14.3. The number of fused-ring (bicyclic) bond motifs is 7. The van der Waals surface area contributed by atoms with Crippen LogP contribution in [-0.2, 0) is 0 Å². The van der Waals surface area contributed by atoms with E-state index in [1.54, 1.807) is 0 Å². The fourth-order valence-electron chi connectivity index (χ4n) is 9.20. The minimum Gasteiger partial charge on any atom is -0.434 e. The minimum atomic E-state index is 0.597. The number of benzene rings is 10. The number of nitrogens with zero attached hydrogens (tertiary/aromatic N) is 3. The molecule has 2 aromatic heterocycles. The Morgan fingerprint density at radius 2 is 1.07 bits per heavy atom. The fourth-order valence-corrected chi connectivity index (χ4v) is 9.20. The highest BCUT2D eigenvalue weighted by molar-refractivity contribution is 6.22. The Labute approximate surface area is 352 Å². The minimum absolute atomic E-state index is 0.597. The molecule has 0 N–H and O–H groups in total. The molecule has 10 aromatic carbocycles. The maximum absolute atomic E-state index is 6.69. The lowest BCUT2D eigenvalue weighted by Gasteiger charge is -2.27. The van der Waals surface area contributed by atoms with E-state index in [9.17, 15) is 0 Å². The highest BCUT2D eigenvalue weighted by Crippen LogP contribution is 2.46. The molecule has 4 nitrogen and oxygen atoms in total. The number of aromatic nitrogens is 2. The molecule has 0 amide bonds. The van der Waals surface area contributed by atoms with E-state index in [1.165, 1.54) is 49.1 Å². The van der Waals surface area contributed by atoms with Gasteiger partial charge < -0.3 is 13.9 Å². The summed E-state index contributed by atoms with van der Waals surface area (Å²) < 4.78 is 9.08. The average Bonchev–Trinajstić information content (AvgIpc) is 3.93. The Morgan fingerprint density at radius 3 is 1.85 bits per heavy atom. The molecule has 12 rings (SSSR count). The van der Waals surface area contributed by atoms with Crippen molar-refractivity contribution in [2.75, 3.05) is 4.90 Å². The van der Waals surface area contributed by atoms with Gasteiger partial charge in [0.05, 0.1) is 22.4 Å². The Bertz CT molecular complexity index is 3570. The van der Waals surface area contributed by atoms with Crippen LogP contribution in [0.5, 0.6) is 0 Å². The molecule has 0 aliphatic rings. The zero-order valence-electron chi connectivity index (χ0n) is 33.1. The Balaban J connectivity index is 1.04. The zero-order valence-corrected chi connectivity index (χ0v) is 33.1. The van der Waals surface area contributed by atoms with Gasteiger partial charge in [0.1, 0.15) is 5.52 Å². The molecule has 0 saturated heterocycles. The molecule has 0 aliphatic carbocycles. The van der Waals surface area contributed by atoms with E-state index in [1.807, 2.05) is 36.4 Å². The van der Waals surface area contributed by atoms with E-state index in [2.05, 4.69) is 198 Å². The summed E-state index contributed by atoms with van der Waals surface area (Å²) in [6.45, 7) is 0.